The topological polar surface area (TPSA) is 82.0 Å². The van der Waals surface area contributed by atoms with E-state index in [1.165, 1.54) is 11.7 Å². The van der Waals surface area contributed by atoms with E-state index in [1.54, 1.807) is 25.4 Å². The number of carbonyl (C=O) groups excluding carboxylic acids is 2. The molecule has 1 saturated carbocycles. The number of alkyl halides is 2. The summed E-state index contributed by atoms with van der Waals surface area (Å²) in [6.45, 7) is 12.5. The largest absolute Gasteiger partial charge is 0.496 e. The highest BCUT2D eigenvalue weighted by atomic mass is 19.3. The number of aryl methyl sites for hydroxylation is 1. The number of ether oxygens (including phenoxy) is 3. The molecule has 3 aromatic rings. The van der Waals surface area contributed by atoms with Crippen LogP contribution in [-0.4, -0.2) is 59.9 Å². The van der Waals surface area contributed by atoms with Crippen molar-refractivity contribution in [2.45, 2.75) is 97.4 Å². The Labute approximate surface area is 264 Å². The van der Waals surface area contributed by atoms with Crippen molar-refractivity contribution in [3.63, 3.8) is 0 Å². The molecule has 1 atom stereocenters. The minimum Gasteiger partial charge on any atom is -0.496 e. The van der Waals surface area contributed by atoms with Gasteiger partial charge >= 0.3 is 12.1 Å². The van der Waals surface area contributed by atoms with Crippen LogP contribution in [0.1, 0.15) is 93.4 Å². The summed E-state index contributed by atoms with van der Waals surface area (Å²) in [5, 5.41) is 4.36. The van der Waals surface area contributed by atoms with Crippen molar-refractivity contribution in [2.24, 2.45) is 5.41 Å². The number of esters is 1. The molecule has 2 aliphatic rings. The van der Waals surface area contributed by atoms with Crippen LogP contribution in [0.15, 0.2) is 36.5 Å². The van der Waals surface area contributed by atoms with Crippen LogP contribution in [0.25, 0.3) is 10.9 Å². The molecule has 2 heterocycles. The first-order chi connectivity index (χ1) is 21.0. The lowest BCUT2D eigenvalue weighted by Crippen LogP contribution is -2.53. The van der Waals surface area contributed by atoms with Gasteiger partial charge in [-0.3, -0.25) is 9.47 Å². The third-order valence-corrected chi connectivity index (χ3v) is 8.94. The van der Waals surface area contributed by atoms with Crippen LogP contribution < -0.4 is 10.1 Å². The highest BCUT2D eigenvalue weighted by Gasteiger charge is 2.58. The SMILES string of the molecule is COC(=O)c1ccc([C@@H]2CC3(CCN2Cc2c(OC)cc(C)c4c2ccn4C(=O)OC(C)(C)C)CC(F)(F)C3)c(NC(C)C)c1. The Morgan fingerprint density at radius 1 is 1.11 bits per heavy atom. The molecule has 0 unspecified atom stereocenters. The van der Waals surface area contributed by atoms with Crippen LogP contribution in [0.3, 0.4) is 0 Å². The van der Waals surface area contributed by atoms with E-state index in [0.717, 1.165) is 33.3 Å². The Balaban J connectivity index is 1.59. The van der Waals surface area contributed by atoms with Gasteiger partial charge in [-0.2, -0.15) is 0 Å². The van der Waals surface area contributed by atoms with Crippen molar-refractivity contribution >= 4 is 28.7 Å². The third-order valence-electron chi connectivity index (χ3n) is 8.94. The highest BCUT2D eigenvalue weighted by Crippen LogP contribution is 2.61. The van der Waals surface area contributed by atoms with Crippen LogP contribution in [0, 0.1) is 12.3 Å². The highest BCUT2D eigenvalue weighted by molar-refractivity contribution is 5.95. The lowest BCUT2D eigenvalue weighted by Gasteiger charge is -2.55. The molecule has 8 nitrogen and oxygen atoms in total. The summed E-state index contributed by atoms with van der Waals surface area (Å²) in [5.74, 6) is -2.39. The Kier molecular flexibility index (Phi) is 8.68. The van der Waals surface area contributed by atoms with Gasteiger partial charge in [0.05, 0.1) is 25.3 Å². The Bertz CT molecular complexity index is 1600. The van der Waals surface area contributed by atoms with E-state index < -0.39 is 29.0 Å². The number of benzene rings is 2. The second-order valence-corrected chi connectivity index (χ2v) is 14.0. The number of halogens is 2. The molecule has 45 heavy (non-hydrogen) atoms. The molecular weight excluding hydrogens is 580 g/mol. The zero-order chi connectivity index (χ0) is 32.9. The van der Waals surface area contributed by atoms with Crippen molar-refractivity contribution in [3.8, 4) is 5.75 Å². The minimum absolute atomic E-state index is 0.0696. The minimum atomic E-state index is -2.64. The fourth-order valence-corrected chi connectivity index (χ4v) is 7.14. The number of piperidine rings is 1. The van der Waals surface area contributed by atoms with Gasteiger partial charge in [0.1, 0.15) is 11.4 Å². The average molecular weight is 626 g/mol. The number of likely N-dealkylation sites (tertiary alicyclic amines) is 1. The summed E-state index contributed by atoms with van der Waals surface area (Å²) in [6.07, 6.45) is 2.24. The Morgan fingerprint density at radius 2 is 1.82 bits per heavy atom. The van der Waals surface area contributed by atoms with Gasteiger partial charge in [-0.1, -0.05) is 6.07 Å². The molecule has 0 radical (unpaired) electrons. The molecule has 244 valence electrons. The molecule has 1 N–H and O–H groups in total. The van der Waals surface area contributed by atoms with Crippen LogP contribution in [0.2, 0.25) is 0 Å². The van der Waals surface area contributed by atoms with E-state index in [2.05, 4.69) is 10.2 Å². The zero-order valence-corrected chi connectivity index (χ0v) is 27.6. The number of methoxy groups -OCH3 is 2. The smallest absolute Gasteiger partial charge is 0.419 e. The molecule has 1 spiro atoms. The lowest BCUT2D eigenvalue weighted by molar-refractivity contribution is -0.186. The summed E-state index contributed by atoms with van der Waals surface area (Å²) < 4.78 is 46.7. The summed E-state index contributed by atoms with van der Waals surface area (Å²) in [7, 11) is 2.98. The fraction of sp³-hybridized carbons (Fsp3) is 0.543. The number of anilines is 1. The predicted molar refractivity (Wildman–Crippen MR) is 170 cm³/mol. The van der Waals surface area contributed by atoms with Crippen molar-refractivity contribution in [1.29, 1.82) is 0 Å². The van der Waals surface area contributed by atoms with Gasteiger partial charge < -0.3 is 19.5 Å². The van der Waals surface area contributed by atoms with E-state index in [-0.39, 0.29) is 24.9 Å². The molecule has 1 aliphatic heterocycles. The van der Waals surface area contributed by atoms with Crippen molar-refractivity contribution < 1.29 is 32.6 Å². The summed E-state index contributed by atoms with van der Waals surface area (Å²) in [4.78, 5) is 27.9. The number of carbonyl (C=O) groups is 2. The number of fused-ring (bicyclic) bond motifs is 1. The van der Waals surface area contributed by atoms with Gasteiger partial charge in [-0.05, 0) is 102 Å². The predicted octanol–water partition coefficient (Wildman–Crippen LogP) is 8.10. The van der Waals surface area contributed by atoms with E-state index in [1.807, 2.05) is 59.7 Å². The van der Waals surface area contributed by atoms with Crippen molar-refractivity contribution in [1.82, 2.24) is 9.47 Å². The molecule has 1 aromatic heterocycles. The maximum atomic E-state index is 14.3. The second-order valence-electron chi connectivity index (χ2n) is 14.0. The first kappa shape index (κ1) is 32.7. The molecule has 2 fully saturated rings. The first-order valence-corrected chi connectivity index (χ1v) is 15.6. The maximum absolute atomic E-state index is 14.3. The Morgan fingerprint density at radius 3 is 2.42 bits per heavy atom. The third kappa shape index (κ3) is 6.66. The summed E-state index contributed by atoms with van der Waals surface area (Å²) in [6, 6.07) is 9.16. The Hall–Kier alpha value is -3.66. The molecule has 10 heteroatoms. The number of hydrogen-bond donors (Lipinski definition) is 1. The number of hydrogen-bond acceptors (Lipinski definition) is 7. The average Bonchev–Trinajstić information content (AvgIpc) is 3.39. The van der Waals surface area contributed by atoms with Crippen molar-refractivity contribution in [3.05, 3.63) is 58.8 Å². The molecule has 2 aromatic carbocycles. The van der Waals surface area contributed by atoms with Gasteiger partial charge in [-0.15, -0.1) is 0 Å². The van der Waals surface area contributed by atoms with Crippen LogP contribution in [-0.2, 0) is 16.0 Å². The first-order valence-electron chi connectivity index (χ1n) is 15.6. The summed E-state index contributed by atoms with van der Waals surface area (Å²) >= 11 is 0. The standard InChI is InChI=1S/C35H45F2N3O5/c1-21(2)38-27-16-23(31(41)44-8)9-10-25(27)28-17-34(19-35(36,37)20-34)12-14-39(28)18-26-24-11-13-40(32(42)45-33(4,5)6)30(24)22(3)15-29(26)43-7/h9-11,13,15-16,21,28,38H,12,14,17-20H2,1-8H3/t28-/m0/s1. The molecule has 1 aliphatic carbocycles. The van der Waals surface area contributed by atoms with Crippen LogP contribution in [0.5, 0.6) is 5.75 Å². The van der Waals surface area contributed by atoms with Gasteiger partial charge in [0.2, 0.25) is 5.92 Å². The number of nitrogens with one attached hydrogen (secondary N) is 1. The fourth-order valence-electron chi connectivity index (χ4n) is 7.14. The quantitative estimate of drug-likeness (QED) is 0.266. The van der Waals surface area contributed by atoms with Gasteiger partial charge in [0.25, 0.3) is 0 Å². The second kappa shape index (κ2) is 11.9. The van der Waals surface area contributed by atoms with Crippen LogP contribution in [0.4, 0.5) is 19.3 Å². The zero-order valence-electron chi connectivity index (χ0n) is 27.6. The molecule has 0 amide bonds. The lowest BCUT2D eigenvalue weighted by atomic mass is 9.58. The normalized spacial score (nSPS) is 19.4. The van der Waals surface area contributed by atoms with Gasteiger partial charge in [0.15, 0.2) is 0 Å². The molecule has 0 bridgehead atoms. The van der Waals surface area contributed by atoms with E-state index >= 15 is 0 Å². The monoisotopic (exact) mass is 625 g/mol. The number of aromatic nitrogens is 1. The van der Waals surface area contributed by atoms with Crippen LogP contribution >= 0.6 is 0 Å². The molecule has 1 saturated heterocycles. The molecule has 5 rings (SSSR count). The number of nitrogens with zero attached hydrogens (tertiary/aromatic N) is 2. The molecular formula is C35H45F2N3O5. The maximum Gasteiger partial charge on any atom is 0.419 e. The van der Waals surface area contributed by atoms with Gasteiger partial charge in [-0.25, -0.2) is 18.4 Å². The number of rotatable bonds is 7. The van der Waals surface area contributed by atoms with Gasteiger partial charge in [0, 0.05) is 54.3 Å². The van der Waals surface area contributed by atoms with E-state index in [4.69, 9.17) is 14.2 Å². The van der Waals surface area contributed by atoms with E-state index in [0.29, 0.717) is 37.2 Å². The summed E-state index contributed by atoms with van der Waals surface area (Å²) in [5.41, 5.74) is 3.56. The van der Waals surface area contributed by atoms with E-state index in [9.17, 15) is 18.4 Å². The van der Waals surface area contributed by atoms with Crippen molar-refractivity contribution in [2.75, 3.05) is 26.1 Å².